The summed E-state index contributed by atoms with van der Waals surface area (Å²) in [5.41, 5.74) is 4.07. The molecular weight excluding hydrogens is 394 g/mol. The van der Waals surface area contributed by atoms with E-state index in [1.165, 1.54) is 56.8 Å². The first-order valence-electron chi connectivity index (χ1n) is 11.0. The van der Waals surface area contributed by atoms with Gasteiger partial charge in [-0.25, -0.2) is 9.97 Å². The molecule has 0 atom stereocenters. The van der Waals surface area contributed by atoms with Crippen LogP contribution in [0.3, 0.4) is 0 Å². The number of thiophene rings is 1. The molecule has 0 amide bonds. The highest BCUT2D eigenvalue weighted by Gasteiger charge is 2.24. The van der Waals surface area contributed by atoms with Crippen LogP contribution in [0.5, 0.6) is 0 Å². The largest absolute Gasteiger partial charge is 0.363 e. The van der Waals surface area contributed by atoms with E-state index in [-0.39, 0.29) is 5.56 Å². The molecule has 4 heterocycles. The molecule has 1 saturated carbocycles. The topological polar surface area (TPSA) is 66.8 Å². The standard InChI is InChI=1S/C23H25N5OS/c29-22-19-20(24-13-25-22)21(30-23(19)27-10-4-5-11-27)15-8-9-18-17(12-15)26-14-28(18)16-6-2-1-3-7-16/h8-9,12-14,16H,1-7,10-11H2,(H,24,25,29). The molecule has 30 heavy (non-hydrogen) atoms. The first kappa shape index (κ1) is 18.1. The number of hydrogen-bond acceptors (Lipinski definition) is 5. The van der Waals surface area contributed by atoms with Gasteiger partial charge in [0.1, 0.15) is 10.4 Å². The molecule has 1 N–H and O–H groups in total. The van der Waals surface area contributed by atoms with Gasteiger partial charge in [-0.05, 0) is 43.4 Å². The third-order valence-electron chi connectivity index (χ3n) is 6.68. The van der Waals surface area contributed by atoms with Crippen LogP contribution in [0, 0.1) is 0 Å². The second-order valence-corrected chi connectivity index (χ2v) is 9.53. The molecule has 0 unspecified atom stereocenters. The normalized spacial score (nSPS) is 18.1. The van der Waals surface area contributed by atoms with Crippen molar-refractivity contribution in [3.05, 3.63) is 41.2 Å². The number of benzene rings is 1. The number of H-pyrrole nitrogens is 1. The van der Waals surface area contributed by atoms with E-state index in [2.05, 4.69) is 37.6 Å². The predicted octanol–water partition coefficient (Wildman–Crippen LogP) is 5.11. The van der Waals surface area contributed by atoms with Crippen molar-refractivity contribution in [2.75, 3.05) is 18.0 Å². The van der Waals surface area contributed by atoms with Crippen LogP contribution >= 0.6 is 11.3 Å². The van der Waals surface area contributed by atoms with Gasteiger partial charge in [-0.2, -0.15) is 0 Å². The fraction of sp³-hybridized carbons (Fsp3) is 0.435. The molecule has 1 saturated heterocycles. The van der Waals surface area contributed by atoms with E-state index < -0.39 is 0 Å². The lowest BCUT2D eigenvalue weighted by Crippen LogP contribution is -2.18. The number of aromatic amines is 1. The lowest BCUT2D eigenvalue weighted by molar-refractivity contribution is 0.359. The highest BCUT2D eigenvalue weighted by molar-refractivity contribution is 7.21. The fourth-order valence-corrected chi connectivity index (χ4v) is 6.42. The summed E-state index contributed by atoms with van der Waals surface area (Å²) in [4.78, 5) is 28.1. The van der Waals surface area contributed by atoms with Gasteiger partial charge in [0, 0.05) is 19.1 Å². The molecule has 3 aromatic heterocycles. The minimum Gasteiger partial charge on any atom is -0.363 e. The van der Waals surface area contributed by atoms with E-state index in [4.69, 9.17) is 4.98 Å². The van der Waals surface area contributed by atoms with Crippen LogP contribution in [0.25, 0.3) is 32.4 Å². The quantitative estimate of drug-likeness (QED) is 0.501. The number of nitrogens with zero attached hydrogens (tertiary/aromatic N) is 4. The summed E-state index contributed by atoms with van der Waals surface area (Å²) < 4.78 is 2.36. The van der Waals surface area contributed by atoms with Gasteiger partial charge < -0.3 is 14.5 Å². The Labute approximate surface area is 178 Å². The Hall–Kier alpha value is -2.67. The van der Waals surface area contributed by atoms with Gasteiger partial charge in [-0.3, -0.25) is 4.79 Å². The summed E-state index contributed by atoms with van der Waals surface area (Å²) >= 11 is 1.69. The number of rotatable bonds is 3. The van der Waals surface area contributed by atoms with Crippen molar-refractivity contribution in [2.45, 2.75) is 51.0 Å². The van der Waals surface area contributed by atoms with Crippen LogP contribution in [-0.4, -0.2) is 32.6 Å². The molecule has 0 spiro atoms. The van der Waals surface area contributed by atoms with E-state index in [0.717, 1.165) is 45.0 Å². The van der Waals surface area contributed by atoms with Gasteiger partial charge >= 0.3 is 0 Å². The number of nitrogens with one attached hydrogen (secondary N) is 1. The Morgan fingerprint density at radius 1 is 1.03 bits per heavy atom. The van der Waals surface area contributed by atoms with Gasteiger partial charge in [-0.15, -0.1) is 11.3 Å². The zero-order chi connectivity index (χ0) is 20.1. The molecule has 7 heteroatoms. The van der Waals surface area contributed by atoms with Crippen molar-refractivity contribution in [3.8, 4) is 10.4 Å². The number of aromatic nitrogens is 4. The third-order valence-corrected chi connectivity index (χ3v) is 7.97. The summed E-state index contributed by atoms with van der Waals surface area (Å²) in [7, 11) is 0. The molecule has 0 radical (unpaired) electrons. The van der Waals surface area contributed by atoms with Crippen LogP contribution in [0.4, 0.5) is 5.00 Å². The lowest BCUT2D eigenvalue weighted by atomic mass is 9.95. The van der Waals surface area contributed by atoms with E-state index in [9.17, 15) is 4.79 Å². The Balaban J connectivity index is 1.47. The second-order valence-electron chi connectivity index (χ2n) is 8.53. The third kappa shape index (κ3) is 2.87. The molecule has 4 aromatic rings. The molecule has 6 rings (SSSR count). The molecule has 0 bridgehead atoms. The molecule has 1 aliphatic carbocycles. The predicted molar refractivity (Wildman–Crippen MR) is 123 cm³/mol. The molecule has 1 aromatic carbocycles. The molecule has 2 fully saturated rings. The molecular formula is C23H25N5OS. The van der Waals surface area contributed by atoms with Gasteiger partial charge in [0.05, 0.1) is 34.1 Å². The van der Waals surface area contributed by atoms with Crippen LogP contribution in [0.1, 0.15) is 51.0 Å². The summed E-state index contributed by atoms with van der Waals surface area (Å²) in [5.74, 6) is 0. The van der Waals surface area contributed by atoms with Crippen molar-refractivity contribution in [2.24, 2.45) is 0 Å². The van der Waals surface area contributed by atoms with Crippen molar-refractivity contribution in [1.29, 1.82) is 0 Å². The smallest absolute Gasteiger partial charge is 0.261 e. The maximum absolute atomic E-state index is 12.7. The molecule has 2 aliphatic rings. The second kappa shape index (κ2) is 7.23. The number of fused-ring (bicyclic) bond motifs is 2. The van der Waals surface area contributed by atoms with Gasteiger partial charge in [-0.1, -0.05) is 25.3 Å². The molecule has 1 aliphatic heterocycles. The highest BCUT2D eigenvalue weighted by Crippen LogP contribution is 2.43. The highest BCUT2D eigenvalue weighted by atomic mass is 32.1. The average molecular weight is 420 g/mol. The van der Waals surface area contributed by atoms with Crippen LogP contribution < -0.4 is 10.5 Å². The first-order chi connectivity index (χ1) is 14.8. The minimum atomic E-state index is -0.0490. The van der Waals surface area contributed by atoms with Crippen molar-refractivity contribution >= 4 is 38.3 Å². The number of anilines is 1. The molecule has 6 nitrogen and oxygen atoms in total. The number of hydrogen-bond donors (Lipinski definition) is 1. The Morgan fingerprint density at radius 3 is 2.70 bits per heavy atom. The number of imidazole rings is 1. The maximum atomic E-state index is 12.7. The molecule has 154 valence electrons. The minimum absolute atomic E-state index is 0.0490. The van der Waals surface area contributed by atoms with Gasteiger partial charge in [0.25, 0.3) is 5.56 Å². The zero-order valence-corrected chi connectivity index (χ0v) is 17.7. The van der Waals surface area contributed by atoms with Gasteiger partial charge in [0.2, 0.25) is 0 Å². The van der Waals surface area contributed by atoms with E-state index in [0.29, 0.717) is 6.04 Å². The Kier molecular flexibility index (Phi) is 4.37. The summed E-state index contributed by atoms with van der Waals surface area (Å²) in [5, 5.41) is 1.78. The fourth-order valence-electron chi connectivity index (χ4n) is 5.13. The maximum Gasteiger partial charge on any atom is 0.261 e. The Morgan fingerprint density at radius 2 is 1.87 bits per heavy atom. The van der Waals surface area contributed by atoms with E-state index >= 15 is 0 Å². The van der Waals surface area contributed by atoms with Crippen molar-refractivity contribution in [3.63, 3.8) is 0 Å². The van der Waals surface area contributed by atoms with Crippen molar-refractivity contribution in [1.82, 2.24) is 19.5 Å². The van der Waals surface area contributed by atoms with Crippen LogP contribution in [-0.2, 0) is 0 Å². The Bertz CT molecular complexity index is 1270. The average Bonchev–Trinajstić information content (AvgIpc) is 3.52. The summed E-state index contributed by atoms with van der Waals surface area (Å²) in [6.45, 7) is 2.02. The zero-order valence-electron chi connectivity index (χ0n) is 16.9. The van der Waals surface area contributed by atoms with Crippen LogP contribution in [0.2, 0.25) is 0 Å². The summed E-state index contributed by atoms with van der Waals surface area (Å²) in [6, 6.07) is 7.10. The van der Waals surface area contributed by atoms with Crippen molar-refractivity contribution < 1.29 is 0 Å². The SMILES string of the molecule is O=c1[nH]cnc2c(-c3ccc4c(c3)ncn4C3CCCCC3)sc(N3CCCC3)c12. The van der Waals surface area contributed by atoms with E-state index in [1.54, 1.807) is 11.3 Å². The first-order valence-corrected chi connectivity index (χ1v) is 11.8. The monoisotopic (exact) mass is 419 g/mol. The van der Waals surface area contributed by atoms with Crippen LogP contribution in [0.15, 0.2) is 35.6 Å². The van der Waals surface area contributed by atoms with E-state index in [1.807, 2.05) is 6.33 Å². The lowest BCUT2D eigenvalue weighted by Gasteiger charge is -2.23. The summed E-state index contributed by atoms with van der Waals surface area (Å²) in [6.07, 6.45) is 12.3. The van der Waals surface area contributed by atoms with Gasteiger partial charge in [0.15, 0.2) is 0 Å².